The Bertz CT molecular complexity index is 576. The number of anilines is 1. The maximum absolute atomic E-state index is 12.1. The van der Waals surface area contributed by atoms with Crippen molar-refractivity contribution in [2.24, 2.45) is 10.8 Å². The molecule has 0 unspecified atom stereocenters. The zero-order valence-corrected chi connectivity index (χ0v) is 14.8. The quantitative estimate of drug-likeness (QED) is 0.672. The summed E-state index contributed by atoms with van der Waals surface area (Å²) in [6, 6.07) is 9.39. The van der Waals surface area contributed by atoms with Gasteiger partial charge in [-0.1, -0.05) is 18.2 Å². The highest BCUT2D eigenvalue weighted by molar-refractivity contribution is 6.14. The smallest absolute Gasteiger partial charge is 0.230 e. The molecule has 1 aromatic carbocycles. The van der Waals surface area contributed by atoms with E-state index in [2.05, 4.69) is 37.8 Å². The predicted octanol–water partition coefficient (Wildman–Crippen LogP) is 3.31. The third-order valence-electron chi connectivity index (χ3n) is 4.48. The van der Waals surface area contributed by atoms with Crippen LogP contribution >= 0.6 is 0 Å². The fourth-order valence-corrected chi connectivity index (χ4v) is 3.46. The first-order valence-electron chi connectivity index (χ1n) is 8.15. The molecule has 1 saturated heterocycles. The molecule has 0 bridgehead atoms. The van der Waals surface area contributed by atoms with E-state index in [4.69, 9.17) is 5.73 Å². The number of benzene rings is 1. The van der Waals surface area contributed by atoms with Crippen LogP contribution < -0.4 is 10.6 Å². The minimum Gasteiger partial charge on any atom is -0.368 e. The van der Waals surface area contributed by atoms with Gasteiger partial charge in [0.25, 0.3) is 0 Å². The number of nitrogens with two attached hydrogens (primary N) is 1. The summed E-state index contributed by atoms with van der Waals surface area (Å²) in [7, 11) is 0. The van der Waals surface area contributed by atoms with Gasteiger partial charge in [-0.15, -0.1) is 5.10 Å². The van der Waals surface area contributed by atoms with Gasteiger partial charge >= 0.3 is 0 Å². The zero-order chi connectivity index (χ0) is 17.3. The molecule has 1 amide bonds. The normalized spacial score (nSPS) is 20.2. The molecule has 1 aromatic rings. The van der Waals surface area contributed by atoms with Crippen LogP contribution in [0.3, 0.4) is 0 Å². The second kappa shape index (κ2) is 6.22. The summed E-state index contributed by atoms with van der Waals surface area (Å²) in [5.74, 6) is 0.0665. The minimum atomic E-state index is -0.148. The van der Waals surface area contributed by atoms with Crippen molar-refractivity contribution in [2.45, 2.75) is 65.0 Å². The van der Waals surface area contributed by atoms with Gasteiger partial charge in [-0.3, -0.25) is 9.80 Å². The standard InChI is InChI=1S/C18H28N4O/c1-14(23)21(15-10-7-6-8-11-15)16(19)20-22-17(2,3)12-9-13-18(22,4)5/h6-8,10-11H,9,12-13H2,1-5H3,(H2,19,20). The van der Waals surface area contributed by atoms with Crippen LogP contribution in [-0.2, 0) is 4.79 Å². The van der Waals surface area contributed by atoms with Crippen LogP contribution in [0.5, 0.6) is 0 Å². The van der Waals surface area contributed by atoms with Crippen molar-refractivity contribution in [1.82, 2.24) is 5.01 Å². The summed E-state index contributed by atoms with van der Waals surface area (Å²) in [4.78, 5) is 13.6. The number of guanidine groups is 1. The van der Waals surface area contributed by atoms with Gasteiger partial charge in [0.15, 0.2) is 0 Å². The van der Waals surface area contributed by atoms with E-state index in [1.54, 1.807) is 0 Å². The molecule has 126 valence electrons. The number of hydrazone groups is 1. The molecule has 0 aromatic heterocycles. The second-order valence-electron chi connectivity index (χ2n) is 7.44. The zero-order valence-electron chi connectivity index (χ0n) is 14.8. The van der Waals surface area contributed by atoms with Crippen molar-refractivity contribution in [3.05, 3.63) is 30.3 Å². The molecule has 0 radical (unpaired) electrons. The molecule has 0 saturated carbocycles. The fraction of sp³-hybridized carbons (Fsp3) is 0.556. The van der Waals surface area contributed by atoms with E-state index >= 15 is 0 Å². The Morgan fingerprint density at radius 2 is 1.65 bits per heavy atom. The van der Waals surface area contributed by atoms with Gasteiger partial charge in [0.2, 0.25) is 11.9 Å². The van der Waals surface area contributed by atoms with Gasteiger partial charge in [-0.2, -0.15) is 0 Å². The van der Waals surface area contributed by atoms with Crippen LogP contribution in [0.15, 0.2) is 35.4 Å². The molecule has 23 heavy (non-hydrogen) atoms. The average molecular weight is 316 g/mol. The average Bonchev–Trinajstić information content (AvgIpc) is 2.43. The van der Waals surface area contributed by atoms with Crippen LogP contribution in [0.2, 0.25) is 0 Å². The molecule has 0 spiro atoms. The Labute approximate surface area is 139 Å². The van der Waals surface area contributed by atoms with Crippen molar-refractivity contribution in [1.29, 1.82) is 0 Å². The topological polar surface area (TPSA) is 61.9 Å². The molecule has 5 heteroatoms. The molecule has 1 heterocycles. The van der Waals surface area contributed by atoms with Gasteiger partial charge in [-0.25, -0.2) is 4.90 Å². The SMILES string of the molecule is CC(=O)N(C(N)=NN1C(C)(C)CCCC1(C)C)c1ccccc1. The van der Waals surface area contributed by atoms with Crippen LogP contribution in [0.1, 0.15) is 53.9 Å². The van der Waals surface area contributed by atoms with Crippen molar-refractivity contribution in [3.63, 3.8) is 0 Å². The van der Waals surface area contributed by atoms with Crippen molar-refractivity contribution in [3.8, 4) is 0 Å². The van der Waals surface area contributed by atoms with Crippen molar-refractivity contribution >= 4 is 17.6 Å². The minimum absolute atomic E-state index is 0.0917. The lowest BCUT2D eigenvalue weighted by atomic mass is 9.82. The van der Waals surface area contributed by atoms with Crippen LogP contribution in [0, 0.1) is 0 Å². The number of amides is 1. The Kier molecular flexibility index (Phi) is 4.68. The van der Waals surface area contributed by atoms with Gasteiger partial charge < -0.3 is 5.73 Å². The van der Waals surface area contributed by atoms with E-state index in [-0.39, 0.29) is 22.9 Å². The first-order chi connectivity index (χ1) is 10.6. The summed E-state index contributed by atoms with van der Waals surface area (Å²) < 4.78 is 0. The van der Waals surface area contributed by atoms with E-state index < -0.39 is 0 Å². The molecule has 0 aliphatic carbocycles. The highest BCUT2D eigenvalue weighted by Crippen LogP contribution is 2.38. The molecule has 2 N–H and O–H groups in total. The van der Waals surface area contributed by atoms with Gasteiger partial charge in [-0.05, 0) is 59.1 Å². The lowest BCUT2D eigenvalue weighted by Crippen LogP contribution is -2.57. The number of carbonyl (C=O) groups is 1. The Morgan fingerprint density at radius 1 is 1.13 bits per heavy atom. The van der Waals surface area contributed by atoms with E-state index in [9.17, 15) is 4.79 Å². The van der Waals surface area contributed by atoms with Crippen LogP contribution in [-0.4, -0.2) is 28.0 Å². The second-order valence-corrected chi connectivity index (χ2v) is 7.44. The van der Waals surface area contributed by atoms with Crippen LogP contribution in [0.4, 0.5) is 5.69 Å². The number of hydrogen-bond donors (Lipinski definition) is 1. The molecule has 5 nitrogen and oxygen atoms in total. The van der Waals surface area contributed by atoms with Crippen LogP contribution in [0.25, 0.3) is 0 Å². The summed E-state index contributed by atoms with van der Waals surface area (Å²) >= 11 is 0. The van der Waals surface area contributed by atoms with Gasteiger partial charge in [0.05, 0.1) is 16.8 Å². The number of rotatable bonds is 2. The number of piperidine rings is 1. The van der Waals surface area contributed by atoms with E-state index in [1.165, 1.54) is 18.2 Å². The number of carbonyl (C=O) groups excluding carboxylic acids is 1. The van der Waals surface area contributed by atoms with Gasteiger partial charge in [0.1, 0.15) is 0 Å². The number of hydrogen-bond acceptors (Lipinski definition) is 3. The maximum Gasteiger partial charge on any atom is 0.230 e. The molecule has 1 aliphatic rings. The highest BCUT2D eigenvalue weighted by Gasteiger charge is 2.41. The number of para-hydroxylation sites is 1. The molecular formula is C18H28N4O. The molecular weight excluding hydrogens is 288 g/mol. The maximum atomic E-state index is 12.1. The largest absolute Gasteiger partial charge is 0.368 e. The lowest BCUT2D eigenvalue weighted by molar-refractivity contribution is -0.115. The fourth-order valence-electron chi connectivity index (χ4n) is 3.46. The summed E-state index contributed by atoms with van der Waals surface area (Å²) in [6.45, 7) is 10.2. The third kappa shape index (κ3) is 3.66. The van der Waals surface area contributed by atoms with E-state index in [0.717, 1.165) is 18.5 Å². The first-order valence-corrected chi connectivity index (χ1v) is 8.15. The predicted molar refractivity (Wildman–Crippen MR) is 95.1 cm³/mol. The Morgan fingerprint density at radius 3 is 2.13 bits per heavy atom. The molecule has 0 atom stereocenters. The summed E-state index contributed by atoms with van der Waals surface area (Å²) in [5.41, 5.74) is 6.78. The Balaban J connectivity index is 2.40. The summed E-state index contributed by atoms with van der Waals surface area (Å²) in [5, 5.41) is 6.74. The van der Waals surface area contributed by atoms with Crippen molar-refractivity contribution < 1.29 is 4.79 Å². The summed E-state index contributed by atoms with van der Waals surface area (Å²) in [6.07, 6.45) is 3.28. The molecule has 2 rings (SSSR count). The van der Waals surface area contributed by atoms with E-state index in [1.807, 2.05) is 30.3 Å². The molecule has 1 aliphatic heterocycles. The highest BCUT2D eigenvalue weighted by atomic mass is 16.2. The monoisotopic (exact) mass is 316 g/mol. The van der Waals surface area contributed by atoms with E-state index in [0.29, 0.717) is 0 Å². The first kappa shape index (κ1) is 17.3. The van der Waals surface area contributed by atoms with Crippen molar-refractivity contribution in [2.75, 3.05) is 4.90 Å². The lowest BCUT2D eigenvalue weighted by Gasteiger charge is -2.51. The third-order valence-corrected chi connectivity index (χ3v) is 4.48. The Hall–Kier alpha value is -2.04. The molecule has 1 fully saturated rings. The number of nitrogens with zero attached hydrogens (tertiary/aromatic N) is 3. The van der Waals surface area contributed by atoms with Gasteiger partial charge in [0, 0.05) is 6.92 Å².